The fourth-order valence-electron chi connectivity index (χ4n) is 2.50. The van der Waals surface area contributed by atoms with Crippen LogP contribution in [0.2, 0.25) is 0 Å². The van der Waals surface area contributed by atoms with Crippen LogP contribution >= 0.6 is 11.6 Å². The fourth-order valence-corrected chi connectivity index (χ4v) is 2.82. The van der Waals surface area contributed by atoms with Crippen molar-refractivity contribution >= 4 is 11.6 Å². The molecule has 1 atom stereocenters. The normalized spacial score (nSPS) is 12.7. The molecule has 2 aromatic carbocycles. The van der Waals surface area contributed by atoms with Gasteiger partial charge in [0.1, 0.15) is 0 Å². The minimum Gasteiger partial charge on any atom is -0.117 e. The molecule has 1 heteroatoms. The Kier molecular flexibility index (Phi) is 5.25. The highest BCUT2D eigenvalue weighted by molar-refractivity contribution is 6.20. The Labute approximate surface area is 127 Å². The van der Waals surface area contributed by atoms with Crippen LogP contribution < -0.4 is 0 Å². The van der Waals surface area contributed by atoms with Crippen molar-refractivity contribution in [1.29, 1.82) is 0 Å². The quantitative estimate of drug-likeness (QED) is 0.617. The molecule has 0 spiro atoms. The average Bonchev–Trinajstić information content (AvgIpc) is 2.38. The summed E-state index contributed by atoms with van der Waals surface area (Å²) in [5.41, 5.74) is 5.19. The summed E-state index contributed by atoms with van der Waals surface area (Å²) in [6, 6.07) is 17.3. The van der Waals surface area contributed by atoms with Gasteiger partial charge in [-0.2, -0.15) is 0 Å². The Hall–Kier alpha value is -1.27. The van der Waals surface area contributed by atoms with Crippen LogP contribution in [0, 0.1) is 12.8 Å². The predicted octanol–water partition coefficient (Wildman–Crippen LogP) is 5.72. The van der Waals surface area contributed by atoms with E-state index in [1.165, 1.54) is 22.3 Å². The molecule has 106 valence electrons. The zero-order chi connectivity index (χ0) is 14.5. The Bertz CT molecular complexity index is 540. The zero-order valence-corrected chi connectivity index (χ0v) is 13.3. The number of alkyl halides is 1. The standard InChI is InChI=1S/C19H23Cl/c1-14(2)11-16-7-9-18(10-8-16)19(20)13-17-6-4-5-15(3)12-17/h4-10,12,14,19H,11,13H2,1-3H3. The molecule has 1 unspecified atom stereocenters. The molecule has 0 heterocycles. The van der Waals surface area contributed by atoms with Gasteiger partial charge in [-0.3, -0.25) is 0 Å². The molecular weight excluding hydrogens is 264 g/mol. The number of benzene rings is 2. The monoisotopic (exact) mass is 286 g/mol. The van der Waals surface area contributed by atoms with Crippen LogP contribution in [-0.2, 0) is 12.8 Å². The fraction of sp³-hybridized carbons (Fsp3) is 0.368. The van der Waals surface area contributed by atoms with Crippen LogP contribution in [0.15, 0.2) is 48.5 Å². The van der Waals surface area contributed by atoms with E-state index in [0.29, 0.717) is 5.92 Å². The maximum absolute atomic E-state index is 6.55. The number of rotatable bonds is 5. The average molecular weight is 287 g/mol. The van der Waals surface area contributed by atoms with Gasteiger partial charge in [0, 0.05) is 0 Å². The molecule has 0 radical (unpaired) electrons. The van der Waals surface area contributed by atoms with Gasteiger partial charge in [0.2, 0.25) is 0 Å². The van der Waals surface area contributed by atoms with E-state index in [-0.39, 0.29) is 5.38 Å². The smallest absolute Gasteiger partial charge is 0.0625 e. The first-order valence-electron chi connectivity index (χ1n) is 7.33. The van der Waals surface area contributed by atoms with Gasteiger partial charge in [0.15, 0.2) is 0 Å². The highest BCUT2D eigenvalue weighted by Crippen LogP contribution is 2.26. The third kappa shape index (κ3) is 4.38. The molecule has 2 rings (SSSR count). The lowest BCUT2D eigenvalue weighted by Gasteiger charge is -2.12. The summed E-state index contributed by atoms with van der Waals surface area (Å²) in [4.78, 5) is 0. The molecule has 0 aromatic heterocycles. The van der Waals surface area contributed by atoms with E-state index in [9.17, 15) is 0 Å². The van der Waals surface area contributed by atoms with Crippen molar-refractivity contribution in [2.24, 2.45) is 5.92 Å². The Morgan fingerprint density at radius 1 is 0.900 bits per heavy atom. The highest BCUT2D eigenvalue weighted by Gasteiger charge is 2.09. The molecule has 0 saturated heterocycles. The Morgan fingerprint density at radius 3 is 2.20 bits per heavy atom. The van der Waals surface area contributed by atoms with Gasteiger partial charge in [-0.15, -0.1) is 11.6 Å². The lowest BCUT2D eigenvalue weighted by Crippen LogP contribution is -1.98. The summed E-state index contributed by atoms with van der Waals surface area (Å²) in [6.07, 6.45) is 2.01. The second-order valence-corrected chi connectivity index (χ2v) is 6.53. The first-order valence-corrected chi connectivity index (χ1v) is 7.76. The Morgan fingerprint density at radius 2 is 1.60 bits per heavy atom. The van der Waals surface area contributed by atoms with E-state index in [2.05, 4.69) is 69.3 Å². The molecule has 0 saturated carbocycles. The lowest BCUT2D eigenvalue weighted by atomic mass is 9.98. The van der Waals surface area contributed by atoms with Crippen molar-refractivity contribution in [1.82, 2.24) is 0 Å². The topological polar surface area (TPSA) is 0 Å². The SMILES string of the molecule is Cc1cccc(CC(Cl)c2ccc(CC(C)C)cc2)c1. The van der Waals surface area contributed by atoms with Crippen molar-refractivity contribution in [3.8, 4) is 0 Å². The molecule has 0 aliphatic rings. The van der Waals surface area contributed by atoms with Crippen LogP contribution in [0.1, 0.15) is 41.5 Å². The minimum absolute atomic E-state index is 0.0462. The molecule has 0 amide bonds. The third-order valence-corrected chi connectivity index (χ3v) is 3.89. The molecule has 20 heavy (non-hydrogen) atoms. The van der Waals surface area contributed by atoms with E-state index in [1.807, 2.05) is 0 Å². The van der Waals surface area contributed by atoms with E-state index in [4.69, 9.17) is 11.6 Å². The highest BCUT2D eigenvalue weighted by atomic mass is 35.5. The summed E-state index contributed by atoms with van der Waals surface area (Å²) in [6.45, 7) is 6.61. The second kappa shape index (κ2) is 6.95. The first-order chi connectivity index (χ1) is 9.54. The molecule has 0 nitrogen and oxygen atoms in total. The number of aryl methyl sites for hydroxylation is 1. The molecule has 0 aliphatic carbocycles. The number of halogens is 1. The first kappa shape index (κ1) is 15.1. The maximum Gasteiger partial charge on any atom is 0.0625 e. The summed E-state index contributed by atoms with van der Waals surface area (Å²) in [5, 5.41) is 0.0462. The molecule has 2 aromatic rings. The van der Waals surface area contributed by atoms with Crippen molar-refractivity contribution in [3.63, 3.8) is 0 Å². The summed E-state index contributed by atoms with van der Waals surface area (Å²) >= 11 is 6.55. The van der Waals surface area contributed by atoms with E-state index in [1.54, 1.807) is 0 Å². The molecule has 0 aliphatic heterocycles. The minimum atomic E-state index is 0.0462. The summed E-state index contributed by atoms with van der Waals surface area (Å²) < 4.78 is 0. The van der Waals surface area contributed by atoms with Crippen LogP contribution in [0.4, 0.5) is 0 Å². The molecular formula is C19H23Cl. The van der Waals surface area contributed by atoms with Crippen LogP contribution in [0.5, 0.6) is 0 Å². The van der Waals surface area contributed by atoms with Crippen molar-refractivity contribution in [2.75, 3.05) is 0 Å². The number of hydrogen-bond acceptors (Lipinski definition) is 0. The van der Waals surface area contributed by atoms with E-state index >= 15 is 0 Å². The number of hydrogen-bond donors (Lipinski definition) is 0. The van der Waals surface area contributed by atoms with Gasteiger partial charge in [-0.05, 0) is 42.4 Å². The Balaban J connectivity index is 2.03. The van der Waals surface area contributed by atoms with Crippen molar-refractivity contribution in [3.05, 3.63) is 70.8 Å². The van der Waals surface area contributed by atoms with E-state index < -0.39 is 0 Å². The van der Waals surface area contributed by atoms with Gasteiger partial charge in [-0.25, -0.2) is 0 Å². The second-order valence-electron chi connectivity index (χ2n) is 6.00. The summed E-state index contributed by atoms with van der Waals surface area (Å²) in [7, 11) is 0. The molecule has 0 bridgehead atoms. The molecule has 0 fully saturated rings. The van der Waals surface area contributed by atoms with E-state index in [0.717, 1.165) is 12.8 Å². The van der Waals surface area contributed by atoms with Gasteiger partial charge in [0.25, 0.3) is 0 Å². The van der Waals surface area contributed by atoms with Crippen LogP contribution in [-0.4, -0.2) is 0 Å². The predicted molar refractivity (Wildman–Crippen MR) is 88.5 cm³/mol. The van der Waals surface area contributed by atoms with Gasteiger partial charge in [0.05, 0.1) is 5.38 Å². The van der Waals surface area contributed by atoms with Gasteiger partial charge < -0.3 is 0 Å². The third-order valence-electron chi connectivity index (χ3n) is 3.48. The summed E-state index contributed by atoms with van der Waals surface area (Å²) in [5.74, 6) is 0.694. The largest absolute Gasteiger partial charge is 0.117 e. The van der Waals surface area contributed by atoms with Crippen LogP contribution in [0.3, 0.4) is 0 Å². The molecule has 0 N–H and O–H groups in total. The van der Waals surface area contributed by atoms with Gasteiger partial charge >= 0.3 is 0 Å². The zero-order valence-electron chi connectivity index (χ0n) is 12.6. The van der Waals surface area contributed by atoms with Crippen molar-refractivity contribution in [2.45, 2.75) is 39.0 Å². The van der Waals surface area contributed by atoms with Gasteiger partial charge in [-0.1, -0.05) is 67.9 Å². The lowest BCUT2D eigenvalue weighted by molar-refractivity contribution is 0.647. The maximum atomic E-state index is 6.55. The van der Waals surface area contributed by atoms with Crippen molar-refractivity contribution < 1.29 is 0 Å². The van der Waals surface area contributed by atoms with Crippen LogP contribution in [0.25, 0.3) is 0 Å².